The molecule has 0 spiro atoms. The molecular weight excluding hydrogens is 262 g/mol. The van der Waals surface area contributed by atoms with E-state index in [1.165, 1.54) is 4.90 Å². The van der Waals surface area contributed by atoms with Gasteiger partial charge in [-0.15, -0.1) is 0 Å². The number of carboxylic acid groups (broad SMARTS) is 1. The Balaban J connectivity index is 2.97. The van der Waals surface area contributed by atoms with Gasteiger partial charge in [-0.3, -0.25) is 0 Å². The van der Waals surface area contributed by atoms with E-state index in [0.717, 1.165) is 0 Å². The second kappa shape index (κ2) is 6.36. The van der Waals surface area contributed by atoms with Crippen LogP contribution in [0.4, 0.5) is 4.79 Å². The Morgan fingerprint density at radius 2 is 1.75 bits per heavy atom. The number of azide groups is 2. The van der Waals surface area contributed by atoms with E-state index in [1.54, 1.807) is 0 Å². The van der Waals surface area contributed by atoms with Gasteiger partial charge in [0.1, 0.15) is 0 Å². The van der Waals surface area contributed by atoms with Gasteiger partial charge < -0.3 is 10.0 Å². The number of rotatable bonds is 3. The quantitative estimate of drug-likeness (QED) is 0.479. The Morgan fingerprint density at radius 1 is 1.20 bits per heavy atom. The van der Waals surface area contributed by atoms with Crippen LogP contribution in [0.1, 0.15) is 40.0 Å². The highest BCUT2D eigenvalue weighted by Gasteiger charge is 2.38. The van der Waals surface area contributed by atoms with Crippen molar-refractivity contribution in [3.8, 4) is 0 Å². The van der Waals surface area contributed by atoms with Crippen molar-refractivity contribution in [2.75, 3.05) is 0 Å². The molecule has 0 aromatic heterocycles. The van der Waals surface area contributed by atoms with Crippen LogP contribution in [0.3, 0.4) is 0 Å². The number of hydrogen-bond acceptors (Lipinski definition) is 3. The molecule has 0 heterocycles. The van der Waals surface area contributed by atoms with Crippen LogP contribution in [-0.4, -0.2) is 39.8 Å². The molecule has 9 heteroatoms. The molecule has 1 aliphatic rings. The van der Waals surface area contributed by atoms with Crippen molar-refractivity contribution < 1.29 is 9.90 Å². The lowest BCUT2D eigenvalue weighted by atomic mass is 9.85. The molecule has 1 saturated carbocycles. The first kappa shape index (κ1) is 15.9. The van der Waals surface area contributed by atoms with E-state index in [0.29, 0.717) is 19.3 Å². The van der Waals surface area contributed by atoms with E-state index in [2.05, 4.69) is 20.1 Å². The number of hydrogen-bond donors (Lipinski definition) is 1. The van der Waals surface area contributed by atoms with Crippen LogP contribution in [0.15, 0.2) is 10.2 Å². The maximum atomic E-state index is 11.5. The third-order valence-electron chi connectivity index (χ3n) is 3.45. The summed E-state index contributed by atoms with van der Waals surface area (Å²) >= 11 is 0. The Labute approximate surface area is 116 Å². The highest BCUT2D eigenvalue weighted by atomic mass is 16.4. The van der Waals surface area contributed by atoms with Crippen molar-refractivity contribution in [3.63, 3.8) is 0 Å². The van der Waals surface area contributed by atoms with Gasteiger partial charge in [0.2, 0.25) is 0 Å². The second-order valence-electron chi connectivity index (χ2n) is 5.83. The third-order valence-corrected chi connectivity index (χ3v) is 3.45. The average molecular weight is 281 g/mol. The minimum Gasteiger partial charge on any atom is -0.465 e. The van der Waals surface area contributed by atoms with Crippen molar-refractivity contribution in [3.05, 3.63) is 20.9 Å². The van der Waals surface area contributed by atoms with E-state index in [-0.39, 0.29) is 6.04 Å². The fourth-order valence-corrected chi connectivity index (χ4v) is 2.73. The van der Waals surface area contributed by atoms with Crippen LogP contribution in [0, 0.1) is 0 Å². The van der Waals surface area contributed by atoms with Crippen LogP contribution in [0.5, 0.6) is 0 Å². The summed E-state index contributed by atoms with van der Waals surface area (Å²) in [5.41, 5.74) is 16.6. The number of carbonyl (C=O) groups is 1. The van der Waals surface area contributed by atoms with Crippen LogP contribution in [-0.2, 0) is 0 Å². The lowest BCUT2D eigenvalue weighted by Gasteiger charge is -2.43. The fraction of sp³-hybridized carbons (Fsp3) is 0.909. The molecule has 0 saturated heterocycles. The molecule has 1 aliphatic carbocycles. The average Bonchev–Trinajstić information content (AvgIpc) is 2.30. The Morgan fingerprint density at radius 3 is 2.20 bits per heavy atom. The smallest absolute Gasteiger partial charge is 0.407 e. The van der Waals surface area contributed by atoms with E-state index < -0.39 is 23.7 Å². The molecular formula is C11H19N7O2. The molecule has 0 aromatic carbocycles. The van der Waals surface area contributed by atoms with Crippen LogP contribution < -0.4 is 0 Å². The zero-order chi connectivity index (χ0) is 15.3. The largest absolute Gasteiger partial charge is 0.465 e. The maximum Gasteiger partial charge on any atom is 0.407 e. The van der Waals surface area contributed by atoms with Gasteiger partial charge in [0.05, 0.1) is 0 Å². The van der Waals surface area contributed by atoms with Gasteiger partial charge in [0.15, 0.2) is 0 Å². The summed E-state index contributed by atoms with van der Waals surface area (Å²) in [4.78, 5) is 18.4. The predicted octanol–water partition coefficient (Wildman–Crippen LogP) is 3.68. The van der Waals surface area contributed by atoms with Gasteiger partial charge >= 0.3 is 6.09 Å². The Kier molecular flexibility index (Phi) is 5.07. The monoisotopic (exact) mass is 281 g/mol. The highest BCUT2D eigenvalue weighted by molar-refractivity contribution is 5.66. The normalized spacial score (nSPS) is 26.1. The zero-order valence-corrected chi connectivity index (χ0v) is 11.8. The van der Waals surface area contributed by atoms with Gasteiger partial charge in [-0.05, 0) is 51.1 Å². The topological polar surface area (TPSA) is 138 Å². The minimum atomic E-state index is -0.996. The van der Waals surface area contributed by atoms with Crippen LogP contribution >= 0.6 is 0 Å². The number of nitrogens with zero attached hydrogens (tertiary/aromatic N) is 7. The molecule has 0 aromatic rings. The van der Waals surface area contributed by atoms with E-state index in [9.17, 15) is 9.90 Å². The number of amides is 1. The summed E-state index contributed by atoms with van der Waals surface area (Å²) in [7, 11) is 0. The van der Waals surface area contributed by atoms with Crippen molar-refractivity contribution >= 4 is 6.09 Å². The molecule has 1 N–H and O–H groups in total. The third kappa shape index (κ3) is 3.69. The minimum absolute atomic E-state index is 0.242. The molecule has 9 nitrogen and oxygen atoms in total. The molecule has 20 heavy (non-hydrogen) atoms. The predicted molar refractivity (Wildman–Crippen MR) is 73.1 cm³/mol. The van der Waals surface area contributed by atoms with E-state index >= 15 is 0 Å². The lowest BCUT2D eigenvalue weighted by Crippen LogP contribution is -2.54. The molecule has 1 amide bonds. The van der Waals surface area contributed by atoms with Crippen molar-refractivity contribution in [2.24, 2.45) is 10.2 Å². The Hall–Kier alpha value is -2.11. The lowest BCUT2D eigenvalue weighted by molar-refractivity contribution is 0.0516. The van der Waals surface area contributed by atoms with Crippen molar-refractivity contribution in [1.29, 1.82) is 0 Å². The molecule has 110 valence electrons. The van der Waals surface area contributed by atoms with Crippen LogP contribution in [0.2, 0.25) is 0 Å². The van der Waals surface area contributed by atoms with E-state index in [4.69, 9.17) is 11.1 Å². The SMILES string of the molecule is CC(C)(C)N(C(=O)O)C1CC[C@H](N=[N+]=[N-])[C@H](N=[N+]=[N-])C1. The highest BCUT2D eigenvalue weighted by Crippen LogP contribution is 2.31. The van der Waals surface area contributed by atoms with Gasteiger partial charge in [-0.25, -0.2) is 4.79 Å². The van der Waals surface area contributed by atoms with Crippen molar-refractivity contribution in [1.82, 2.24) is 4.90 Å². The maximum absolute atomic E-state index is 11.5. The summed E-state index contributed by atoms with van der Waals surface area (Å²) in [5, 5.41) is 16.7. The standard InChI is InChI=1S/C11H19N7O2/c1-11(2,3)18(10(19)20)7-4-5-8(14-16-12)9(6-7)15-17-13/h7-9H,4-6H2,1-3H3,(H,19,20)/t7?,8-,9+/m0/s1. The first-order chi connectivity index (χ1) is 9.31. The summed E-state index contributed by atoms with van der Waals surface area (Å²) in [6.07, 6.45) is 0.477. The molecule has 1 fully saturated rings. The van der Waals surface area contributed by atoms with Crippen molar-refractivity contribution in [2.45, 2.75) is 63.7 Å². The van der Waals surface area contributed by atoms with Gasteiger partial charge in [0.25, 0.3) is 0 Å². The molecule has 1 rings (SSSR count). The summed E-state index contributed by atoms with van der Waals surface area (Å²) < 4.78 is 0. The zero-order valence-electron chi connectivity index (χ0n) is 11.8. The molecule has 0 radical (unpaired) electrons. The van der Waals surface area contributed by atoms with E-state index in [1.807, 2.05) is 20.8 Å². The molecule has 0 bridgehead atoms. The summed E-state index contributed by atoms with van der Waals surface area (Å²) in [6, 6.07) is -1.14. The first-order valence-electron chi connectivity index (χ1n) is 6.42. The van der Waals surface area contributed by atoms with Gasteiger partial charge in [-0.1, -0.05) is 10.2 Å². The van der Waals surface area contributed by atoms with Gasteiger partial charge in [-0.2, -0.15) is 0 Å². The molecule has 1 unspecified atom stereocenters. The molecule has 0 aliphatic heterocycles. The fourth-order valence-electron chi connectivity index (χ4n) is 2.73. The van der Waals surface area contributed by atoms with Crippen LogP contribution in [0.25, 0.3) is 20.9 Å². The molecule has 3 atom stereocenters. The summed E-state index contributed by atoms with van der Waals surface area (Å²) in [5.74, 6) is 0. The first-order valence-corrected chi connectivity index (χ1v) is 6.42. The second-order valence-corrected chi connectivity index (χ2v) is 5.83. The Bertz CT molecular complexity index is 460. The van der Waals surface area contributed by atoms with Gasteiger partial charge in [0, 0.05) is 33.5 Å². The summed E-state index contributed by atoms with van der Waals surface area (Å²) in [6.45, 7) is 5.47.